The van der Waals surface area contributed by atoms with Crippen LogP contribution < -0.4 is 5.32 Å². The zero-order valence-corrected chi connectivity index (χ0v) is 14.1. The molecule has 2 fully saturated rings. The van der Waals surface area contributed by atoms with Crippen molar-refractivity contribution in [2.45, 2.75) is 25.4 Å². The average molecular weight is 343 g/mol. The zero-order chi connectivity index (χ0) is 16.7. The third-order valence-corrected chi connectivity index (χ3v) is 5.68. The molecule has 1 aromatic carbocycles. The van der Waals surface area contributed by atoms with Gasteiger partial charge in [0.25, 0.3) is 5.91 Å². The first-order valence-electron chi connectivity index (χ1n) is 7.82. The van der Waals surface area contributed by atoms with Gasteiger partial charge >= 0.3 is 6.03 Å². The lowest BCUT2D eigenvalue weighted by atomic mass is 9.99. The number of imide groups is 1. The largest absolute Gasteiger partial charge is 0.359 e. The number of hydrogen-bond acceptors (Lipinski definition) is 5. The SMILES string of the molecule is Cc1ccc(-c2cc(CN3C(=O)N[C@@]4(CCSC4)C3=O)on2)cc1. The van der Waals surface area contributed by atoms with Crippen molar-refractivity contribution in [3.8, 4) is 11.3 Å². The number of rotatable bonds is 3. The van der Waals surface area contributed by atoms with Crippen molar-refractivity contribution in [3.63, 3.8) is 0 Å². The van der Waals surface area contributed by atoms with E-state index in [1.807, 2.05) is 31.2 Å². The van der Waals surface area contributed by atoms with Crippen molar-refractivity contribution in [1.82, 2.24) is 15.4 Å². The Balaban J connectivity index is 1.53. The second-order valence-corrected chi connectivity index (χ2v) is 7.36. The highest BCUT2D eigenvalue weighted by atomic mass is 32.2. The maximum atomic E-state index is 12.6. The molecule has 0 radical (unpaired) electrons. The third-order valence-electron chi connectivity index (χ3n) is 4.49. The van der Waals surface area contributed by atoms with E-state index in [4.69, 9.17) is 4.52 Å². The minimum Gasteiger partial charge on any atom is -0.359 e. The van der Waals surface area contributed by atoms with Crippen molar-refractivity contribution >= 4 is 23.7 Å². The first-order valence-corrected chi connectivity index (χ1v) is 8.97. The van der Waals surface area contributed by atoms with E-state index in [0.717, 1.165) is 11.3 Å². The van der Waals surface area contributed by atoms with E-state index in [1.54, 1.807) is 17.8 Å². The Morgan fingerprint density at radius 1 is 1.33 bits per heavy atom. The predicted molar refractivity (Wildman–Crippen MR) is 90.4 cm³/mol. The summed E-state index contributed by atoms with van der Waals surface area (Å²) in [7, 11) is 0. The summed E-state index contributed by atoms with van der Waals surface area (Å²) >= 11 is 1.69. The van der Waals surface area contributed by atoms with Gasteiger partial charge in [0.1, 0.15) is 11.2 Å². The number of hydrogen-bond donors (Lipinski definition) is 1. The lowest BCUT2D eigenvalue weighted by Gasteiger charge is -2.18. The fourth-order valence-electron chi connectivity index (χ4n) is 3.06. The number of amides is 3. The van der Waals surface area contributed by atoms with Crippen molar-refractivity contribution in [2.75, 3.05) is 11.5 Å². The number of thioether (sulfide) groups is 1. The summed E-state index contributed by atoms with van der Waals surface area (Å²) in [4.78, 5) is 26.0. The van der Waals surface area contributed by atoms with Gasteiger partial charge in [-0.2, -0.15) is 11.8 Å². The maximum absolute atomic E-state index is 12.6. The molecule has 2 aliphatic rings. The maximum Gasteiger partial charge on any atom is 0.325 e. The Kier molecular flexibility index (Phi) is 3.60. The molecule has 7 heteroatoms. The van der Waals surface area contributed by atoms with Gasteiger partial charge in [0, 0.05) is 17.4 Å². The first kappa shape index (κ1) is 15.3. The Labute approximate surface area is 143 Å². The smallest absolute Gasteiger partial charge is 0.325 e. The average Bonchev–Trinajstić information content (AvgIpc) is 3.27. The molecule has 2 saturated heterocycles. The van der Waals surface area contributed by atoms with Crippen LogP contribution in [0.25, 0.3) is 11.3 Å². The molecule has 1 N–H and O–H groups in total. The van der Waals surface area contributed by atoms with E-state index in [1.165, 1.54) is 10.5 Å². The van der Waals surface area contributed by atoms with Crippen LogP contribution in [0.4, 0.5) is 4.79 Å². The number of benzene rings is 1. The van der Waals surface area contributed by atoms with E-state index in [9.17, 15) is 9.59 Å². The van der Waals surface area contributed by atoms with Gasteiger partial charge in [-0.05, 0) is 19.1 Å². The number of nitrogens with zero attached hydrogens (tertiary/aromatic N) is 2. The number of carbonyl (C=O) groups is 2. The van der Waals surface area contributed by atoms with Gasteiger partial charge in [0.15, 0.2) is 5.76 Å². The van der Waals surface area contributed by atoms with Crippen LogP contribution in [-0.4, -0.2) is 39.0 Å². The molecular weight excluding hydrogens is 326 g/mol. The topological polar surface area (TPSA) is 75.4 Å². The second-order valence-electron chi connectivity index (χ2n) is 6.25. The molecule has 1 spiro atoms. The molecule has 0 bridgehead atoms. The molecule has 3 heterocycles. The minimum absolute atomic E-state index is 0.107. The number of aromatic nitrogens is 1. The van der Waals surface area contributed by atoms with Crippen LogP contribution in [0.1, 0.15) is 17.7 Å². The lowest BCUT2D eigenvalue weighted by Crippen LogP contribution is -2.46. The summed E-state index contributed by atoms with van der Waals surface area (Å²) in [5.74, 6) is 1.86. The van der Waals surface area contributed by atoms with E-state index in [2.05, 4.69) is 10.5 Å². The van der Waals surface area contributed by atoms with Crippen LogP contribution in [0.5, 0.6) is 0 Å². The van der Waals surface area contributed by atoms with Crippen molar-refractivity contribution in [3.05, 3.63) is 41.7 Å². The summed E-state index contributed by atoms with van der Waals surface area (Å²) in [6.07, 6.45) is 0.684. The predicted octanol–water partition coefficient (Wildman–Crippen LogP) is 2.58. The highest BCUT2D eigenvalue weighted by Gasteiger charge is 2.53. The van der Waals surface area contributed by atoms with Crippen LogP contribution in [0, 0.1) is 6.92 Å². The fourth-order valence-corrected chi connectivity index (χ4v) is 4.38. The van der Waals surface area contributed by atoms with Crippen LogP contribution in [0.2, 0.25) is 0 Å². The molecule has 6 nitrogen and oxygen atoms in total. The second kappa shape index (κ2) is 5.66. The van der Waals surface area contributed by atoms with Gasteiger partial charge in [0.2, 0.25) is 0 Å². The van der Waals surface area contributed by atoms with Crippen LogP contribution in [-0.2, 0) is 11.3 Å². The molecule has 2 aromatic rings. The first-order chi connectivity index (χ1) is 11.6. The summed E-state index contributed by atoms with van der Waals surface area (Å²) < 4.78 is 5.33. The minimum atomic E-state index is -0.721. The lowest BCUT2D eigenvalue weighted by molar-refractivity contribution is -0.131. The zero-order valence-electron chi connectivity index (χ0n) is 13.2. The molecule has 1 atom stereocenters. The normalized spacial score (nSPS) is 23.3. The molecule has 3 amide bonds. The Hall–Kier alpha value is -2.28. The van der Waals surface area contributed by atoms with E-state index in [-0.39, 0.29) is 18.5 Å². The number of urea groups is 1. The molecule has 124 valence electrons. The molecule has 1 aromatic heterocycles. The monoisotopic (exact) mass is 343 g/mol. The van der Waals surface area contributed by atoms with E-state index < -0.39 is 5.54 Å². The van der Waals surface area contributed by atoms with Crippen molar-refractivity contribution < 1.29 is 14.1 Å². The molecule has 0 saturated carbocycles. The van der Waals surface area contributed by atoms with Gasteiger partial charge in [0.05, 0.1) is 6.54 Å². The fraction of sp³-hybridized carbons (Fsp3) is 0.353. The standard InChI is InChI=1S/C17H17N3O3S/c1-11-2-4-12(5-3-11)14-8-13(23-19-14)9-20-15(21)17(18-16(20)22)6-7-24-10-17/h2-5,8H,6-7,9-10H2,1H3,(H,18,22)/t17-/m1/s1. The Bertz CT molecular complexity index is 794. The van der Waals surface area contributed by atoms with Crippen molar-refractivity contribution in [1.29, 1.82) is 0 Å². The summed E-state index contributed by atoms with van der Waals surface area (Å²) in [5, 5.41) is 6.90. The summed E-state index contributed by atoms with van der Waals surface area (Å²) in [6, 6.07) is 9.37. The quantitative estimate of drug-likeness (QED) is 0.867. The molecule has 4 rings (SSSR count). The van der Waals surface area contributed by atoms with E-state index >= 15 is 0 Å². The molecule has 0 unspecified atom stereocenters. The Morgan fingerprint density at radius 3 is 2.83 bits per heavy atom. The van der Waals surface area contributed by atoms with Gasteiger partial charge in [-0.3, -0.25) is 9.69 Å². The third kappa shape index (κ3) is 2.49. The Morgan fingerprint density at radius 2 is 2.12 bits per heavy atom. The van der Waals surface area contributed by atoms with Gasteiger partial charge in [-0.25, -0.2) is 4.79 Å². The summed E-state index contributed by atoms with van der Waals surface area (Å²) in [6.45, 7) is 2.13. The van der Waals surface area contributed by atoms with Gasteiger partial charge in [-0.1, -0.05) is 35.0 Å². The molecular formula is C17H17N3O3S. The number of carbonyl (C=O) groups excluding carboxylic acids is 2. The van der Waals surface area contributed by atoms with E-state index in [0.29, 0.717) is 23.6 Å². The highest BCUT2D eigenvalue weighted by Crippen LogP contribution is 2.34. The molecule has 2 aliphatic heterocycles. The van der Waals surface area contributed by atoms with Crippen LogP contribution in [0.3, 0.4) is 0 Å². The van der Waals surface area contributed by atoms with Gasteiger partial charge in [-0.15, -0.1) is 0 Å². The summed E-state index contributed by atoms with van der Waals surface area (Å²) in [5.41, 5.74) is 2.09. The van der Waals surface area contributed by atoms with Gasteiger partial charge < -0.3 is 9.84 Å². The van der Waals surface area contributed by atoms with Crippen molar-refractivity contribution in [2.24, 2.45) is 0 Å². The molecule has 0 aliphatic carbocycles. The van der Waals surface area contributed by atoms with Crippen LogP contribution in [0.15, 0.2) is 34.9 Å². The molecule has 24 heavy (non-hydrogen) atoms. The highest BCUT2D eigenvalue weighted by molar-refractivity contribution is 7.99. The number of aryl methyl sites for hydroxylation is 1. The van der Waals surface area contributed by atoms with Crippen LogP contribution >= 0.6 is 11.8 Å². The number of nitrogens with one attached hydrogen (secondary N) is 1.